The monoisotopic (exact) mass is 371 g/mol. The summed E-state index contributed by atoms with van der Waals surface area (Å²) in [4.78, 5) is 0. The largest absolute Gasteiger partial charge is 0.497 e. The Morgan fingerprint density at radius 2 is 1.57 bits per heavy atom. The molecule has 1 atom stereocenters. The van der Waals surface area contributed by atoms with E-state index in [-0.39, 0.29) is 6.61 Å². The molecule has 2 radical (unpaired) electrons. The second-order valence-corrected chi connectivity index (χ2v) is 7.05. The third-order valence-corrected chi connectivity index (χ3v) is 4.94. The third kappa shape index (κ3) is 3.58. The molecule has 5 heteroatoms. The molecule has 1 unspecified atom stereocenters. The highest BCUT2D eigenvalue weighted by atomic mass is 16.5. The quantitative estimate of drug-likeness (QED) is 0.529. The molecule has 0 aliphatic heterocycles. The Morgan fingerprint density at radius 3 is 2.29 bits per heavy atom. The average molecular weight is 371 g/mol. The lowest BCUT2D eigenvalue weighted by Gasteiger charge is -2.15. The first-order chi connectivity index (χ1) is 13.5. The van der Waals surface area contributed by atoms with E-state index in [0.717, 1.165) is 33.0 Å². The Bertz CT molecular complexity index is 1060. The minimum Gasteiger partial charge on any atom is -0.497 e. The van der Waals surface area contributed by atoms with Crippen molar-refractivity contribution < 1.29 is 14.6 Å². The lowest BCUT2D eigenvalue weighted by Crippen LogP contribution is -2.23. The Hall–Kier alpha value is -2.92. The molecule has 0 saturated heterocycles. The minimum absolute atomic E-state index is 0.203. The van der Waals surface area contributed by atoms with Gasteiger partial charge in [-0.2, -0.15) is 0 Å². The number of benzene rings is 3. The number of aryl methyl sites for hydroxylation is 1. The van der Waals surface area contributed by atoms with Crippen LogP contribution >= 0.6 is 0 Å². The summed E-state index contributed by atoms with van der Waals surface area (Å²) in [6.45, 7) is 2.71. The fourth-order valence-corrected chi connectivity index (χ4v) is 3.56. The van der Waals surface area contributed by atoms with Crippen LogP contribution in [0.15, 0.2) is 60.7 Å². The Labute approximate surface area is 165 Å². The molecular formula is C23H22BNO3. The van der Waals surface area contributed by atoms with Gasteiger partial charge in [-0.05, 0) is 49.4 Å². The van der Waals surface area contributed by atoms with Crippen LogP contribution in [0.4, 0.5) is 0 Å². The number of aromatic nitrogens is 1. The van der Waals surface area contributed by atoms with Gasteiger partial charge >= 0.3 is 0 Å². The highest BCUT2D eigenvalue weighted by Gasteiger charge is 2.14. The molecule has 1 N–H and O–H groups in total. The van der Waals surface area contributed by atoms with E-state index >= 15 is 0 Å². The van der Waals surface area contributed by atoms with E-state index < -0.39 is 6.10 Å². The molecule has 0 aliphatic rings. The molecule has 3 aromatic carbocycles. The van der Waals surface area contributed by atoms with E-state index in [2.05, 4.69) is 29.7 Å². The summed E-state index contributed by atoms with van der Waals surface area (Å²) in [5.41, 5.74) is 4.06. The number of nitrogens with zero attached hydrogens (tertiary/aromatic N) is 1. The average Bonchev–Trinajstić information content (AvgIpc) is 2.99. The number of aliphatic hydroxyl groups is 1. The molecule has 0 spiro atoms. The van der Waals surface area contributed by atoms with Gasteiger partial charge in [0.1, 0.15) is 32.1 Å². The summed E-state index contributed by atoms with van der Waals surface area (Å²) >= 11 is 0. The molecule has 0 amide bonds. The SMILES string of the molecule is [B]c1ccc2c(c1)c1cc(C)ccc1n2CC(O)COc1ccc(OC)cc1. The van der Waals surface area contributed by atoms with Gasteiger partial charge in [0, 0.05) is 21.8 Å². The molecule has 140 valence electrons. The van der Waals surface area contributed by atoms with Crippen LogP contribution in [0.3, 0.4) is 0 Å². The van der Waals surface area contributed by atoms with Gasteiger partial charge < -0.3 is 19.1 Å². The second-order valence-electron chi connectivity index (χ2n) is 7.05. The van der Waals surface area contributed by atoms with Crippen LogP contribution in [0.5, 0.6) is 11.5 Å². The first-order valence-electron chi connectivity index (χ1n) is 9.28. The molecule has 28 heavy (non-hydrogen) atoms. The van der Waals surface area contributed by atoms with Gasteiger partial charge in [-0.1, -0.05) is 29.2 Å². The number of ether oxygens (including phenoxy) is 2. The van der Waals surface area contributed by atoms with Gasteiger partial charge in [0.05, 0.1) is 13.7 Å². The van der Waals surface area contributed by atoms with Crippen molar-refractivity contribution in [2.24, 2.45) is 0 Å². The molecule has 4 rings (SSSR count). The van der Waals surface area contributed by atoms with Crippen molar-refractivity contribution in [2.75, 3.05) is 13.7 Å². The van der Waals surface area contributed by atoms with E-state index in [0.29, 0.717) is 12.3 Å². The molecule has 4 nitrogen and oxygen atoms in total. The Kier molecular flexibility index (Phi) is 5.01. The van der Waals surface area contributed by atoms with Crippen LogP contribution in [0.25, 0.3) is 21.8 Å². The molecule has 4 aromatic rings. The van der Waals surface area contributed by atoms with Gasteiger partial charge in [-0.3, -0.25) is 0 Å². The van der Waals surface area contributed by atoms with Gasteiger partial charge in [0.2, 0.25) is 0 Å². The second kappa shape index (κ2) is 7.60. The van der Waals surface area contributed by atoms with Crippen LogP contribution in [0, 0.1) is 6.92 Å². The fraction of sp³-hybridized carbons (Fsp3) is 0.217. The molecule has 0 aliphatic carbocycles. The maximum atomic E-state index is 10.6. The van der Waals surface area contributed by atoms with Gasteiger partial charge in [0.15, 0.2) is 0 Å². The van der Waals surface area contributed by atoms with E-state index in [1.807, 2.05) is 42.5 Å². The Balaban J connectivity index is 1.59. The van der Waals surface area contributed by atoms with Crippen molar-refractivity contribution in [1.29, 1.82) is 0 Å². The van der Waals surface area contributed by atoms with E-state index in [1.54, 1.807) is 7.11 Å². The topological polar surface area (TPSA) is 43.6 Å². The molecule has 0 saturated carbocycles. The summed E-state index contributed by atoms with van der Waals surface area (Å²) < 4.78 is 13.0. The number of rotatable bonds is 6. The summed E-state index contributed by atoms with van der Waals surface area (Å²) in [5, 5.41) is 12.9. The predicted molar refractivity (Wildman–Crippen MR) is 114 cm³/mol. The zero-order valence-corrected chi connectivity index (χ0v) is 16.1. The lowest BCUT2D eigenvalue weighted by atomic mass is 9.94. The smallest absolute Gasteiger partial charge is 0.119 e. The summed E-state index contributed by atoms with van der Waals surface area (Å²) in [6.07, 6.45) is -0.653. The number of aliphatic hydroxyl groups excluding tert-OH is 1. The minimum atomic E-state index is -0.653. The van der Waals surface area contributed by atoms with E-state index in [1.165, 1.54) is 5.56 Å². The highest BCUT2D eigenvalue weighted by Crippen LogP contribution is 2.29. The molecule has 1 heterocycles. The van der Waals surface area contributed by atoms with Crippen LogP contribution < -0.4 is 14.9 Å². The first kappa shape index (κ1) is 18.4. The third-order valence-electron chi connectivity index (χ3n) is 4.94. The van der Waals surface area contributed by atoms with Crippen LogP contribution in [0.1, 0.15) is 5.56 Å². The molecule has 0 bridgehead atoms. The van der Waals surface area contributed by atoms with Crippen molar-refractivity contribution >= 4 is 35.1 Å². The zero-order valence-electron chi connectivity index (χ0n) is 16.1. The van der Waals surface area contributed by atoms with Crippen LogP contribution in [-0.4, -0.2) is 37.3 Å². The van der Waals surface area contributed by atoms with Crippen LogP contribution in [-0.2, 0) is 6.54 Å². The first-order valence-corrected chi connectivity index (χ1v) is 9.28. The molecular weight excluding hydrogens is 349 g/mol. The number of methoxy groups -OCH3 is 1. The van der Waals surface area contributed by atoms with Crippen molar-refractivity contribution in [3.8, 4) is 11.5 Å². The van der Waals surface area contributed by atoms with Crippen LogP contribution in [0.2, 0.25) is 0 Å². The van der Waals surface area contributed by atoms with E-state index in [4.69, 9.17) is 17.3 Å². The number of fused-ring (bicyclic) bond motifs is 3. The van der Waals surface area contributed by atoms with Gasteiger partial charge in [0.25, 0.3) is 0 Å². The standard InChI is InChI=1S/C23H22BNO3/c1-15-3-9-22-20(11-15)21-12-16(24)4-10-23(21)25(22)13-17(26)14-28-19-7-5-18(27-2)6-8-19/h3-12,17,26H,13-14H2,1-2H3. The van der Waals surface area contributed by atoms with E-state index in [9.17, 15) is 5.11 Å². The summed E-state index contributed by atoms with van der Waals surface area (Å²) in [5.74, 6) is 1.47. The predicted octanol–water partition coefficient (Wildman–Crippen LogP) is 3.35. The van der Waals surface area contributed by atoms with Gasteiger partial charge in [-0.15, -0.1) is 0 Å². The van der Waals surface area contributed by atoms with Crippen molar-refractivity contribution in [1.82, 2.24) is 4.57 Å². The van der Waals surface area contributed by atoms with Crippen molar-refractivity contribution in [2.45, 2.75) is 19.6 Å². The normalized spacial score (nSPS) is 12.4. The highest BCUT2D eigenvalue weighted by molar-refractivity contribution is 6.33. The van der Waals surface area contributed by atoms with Crippen molar-refractivity contribution in [3.63, 3.8) is 0 Å². The van der Waals surface area contributed by atoms with Gasteiger partial charge in [-0.25, -0.2) is 0 Å². The molecule has 1 aromatic heterocycles. The number of hydrogen-bond donors (Lipinski definition) is 1. The van der Waals surface area contributed by atoms with Crippen molar-refractivity contribution in [3.05, 3.63) is 66.2 Å². The Morgan fingerprint density at radius 1 is 0.929 bits per heavy atom. The number of hydrogen-bond acceptors (Lipinski definition) is 3. The maximum absolute atomic E-state index is 10.6. The lowest BCUT2D eigenvalue weighted by molar-refractivity contribution is 0.0945. The summed E-state index contributed by atoms with van der Waals surface area (Å²) in [7, 11) is 7.63. The maximum Gasteiger partial charge on any atom is 0.119 e. The zero-order chi connectivity index (χ0) is 19.7. The fourth-order valence-electron chi connectivity index (χ4n) is 3.56. The summed E-state index contributed by atoms with van der Waals surface area (Å²) in [6, 6.07) is 19.6. The molecule has 0 fully saturated rings.